The highest BCUT2D eigenvalue weighted by Gasteiger charge is 2.21. The van der Waals surface area contributed by atoms with Crippen molar-refractivity contribution >= 4 is 22.7 Å². The van der Waals surface area contributed by atoms with E-state index in [2.05, 4.69) is 14.9 Å². The maximum Gasteiger partial charge on any atom is 0.203 e. The summed E-state index contributed by atoms with van der Waals surface area (Å²) >= 11 is 0. The molecule has 1 saturated heterocycles. The molecule has 1 aromatic carbocycles. The molecule has 19 heavy (non-hydrogen) atoms. The van der Waals surface area contributed by atoms with E-state index in [1.165, 1.54) is 6.42 Å². The number of benzene rings is 1. The van der Waals surface area contributed by atoms with Crippen molar-refractivity contribution in [3.8, 4) is 0 Å². The van der Waals surface area contributed by atoms with Gasteiger partial charge in [0.05, 0.1) is 11.0 Å². The van der Waals surface area contributed by atoms with Crippen molar-refractivity contribution < 1.29 is 5.11 Å². The molecule has 1 unspecified atom stereocenters. The first-order valence-corrected chi connectivity index (χ1v) is 6.87. The third kappa shape index (κ3) is 2.51. The summed E-state index contributed by atoms with van der Waals surface area (Å²) in [4.78, 5) is 10.2. The van der Waals surface area contributed by atoms with Gasteiger partial charge in [0.2, 0.25) is 5.95 Å². The van der Waals surface area contributed by atoms with E-state index >= 15 is 0 Å². The summed E-state index contributed by atoms with van der Waals surface area (Å²) in [6.07, 6.45) is 3.23. The Kier molecular flexibility index (Phi) is 3.29. The number of aromatic amines is 1. The van der Waals surface area contributed by atoms with Crippen molar-refractivity contribution in [3.05, 3.63) is 18.2 Å². The van der Waals surface area contributed by atoms with E-state index in [9.17, 15) is 0 Å². The second-order valence-electron chi connectivity index (χ2n) is 5.30. The van der Waals surface area contributed by atoms with Gasteiger partial charge in [0.25, 0.3) is 0 Å². The highest BCUT2D eigenvalue weighted by molar-refractivity contribution is 5.80. The molecule has 5 heteroatoms. The number of aliphatic hydroxyl groups is 1. The van der Waals surface area contributed by atoms with E-state index in [-0.39, 0.29) is 6.61 Å². The number of nitrogen functional groups attached to an aromatic ring is 1. The van der Waals surface area contributed by atoms with Gasteiger partial charge in [-0.1, -0.05) is 0 Å². The fourth-order valence-corrected chi connectivity index (χ4v) is 2.84. The average Bonchev–Trinajstić information content (AvgIpc) is 2.82. The number of hydrogen-bond acceptors (Lipinski definition) is 4. The van der Waals surface area contributed by atoms with E-state index in [1.54, 1.807) is 0 Å². The number of rotatable bonds is 3. The van der Waals surface area contributed by atoms with Crippen molar-refractivity contribution in [1.82, 2.24) is 9.97 Å². The first kappa shape index (κ1) is 12.3. The van der Waals surface area contributed by atoms with Gasteiger partial charge in [-0.3, -0.25) is 0 Å². The Morgan fingerprint density at radius 3 is 3.21 bits per heavy atom. The monoisotopic (exact) mass is 260 g/mol. The van der Waals surface area contributed by atoms with Gasteiger partial charge in [-0.25, -0.2) is 4.98 Å². The number of nitrogens with two attached hydrogens (primary N) is 1. The number of H-pyrrole nitrogens is 1. The van der Waals surface area contributed by atoms with Crippen molar-refractivity contribution in [3.63, 3.8) is 0 Å². The lowest BCUT2D eigenvalue weighted by Gasteiger charge is -2.32. The molecule has 1 aromatic heterocycles. The highest BCUT2D eigenvalue weighted by Crippen LogP contribution is 2.25. The van der Waals surface area contributed by atoms with Crippen LogP contribution in [0.2, 0.25) is 0 Å². The molecule has 2 aromatic rings. The number of aromatic nitrogens is 2. The second-order valence-corrected chi connectivity index (χ2v) is 5.30. The minimum Gasteiger partial charge on any atom is -0.399 e. The van der Waals surface area contributed by atoms with Gasteiger partial charge in [-0.05, 0) is 43.4 Å². The number of piperidine rings is 1. The maximum absolute atomic E-state index is 9.06. The van der Waals surface area contributed by atoms with Crippen LogP contribution in [0.25, 0.3) is 11.0 Å². The van der Waals surface area contributed by atoms with Crippen LogP contribution in [0.1, 0.15) is 19.3 Å². The SMILES string of the molecule is Nc1ccc2nc(N3CCCC(CCO)C3)[nH]c2c1. The molecule has 5 nitrogen and oxygen atoms in total. The number of hydrogen-bond donors (Lipinski definition) is 3. The predicted octanol–water partition coefficient (Wildman–Crippen LogP) is 1.74. The summed E-state index contributed by atoms with van der Waals surface area (Å²) in [6.45, 7) is 2.27. The Labute approximate surface area is 112 Å². The smallest absolute Gasteiger partial charge is 0.203 e. The van der Waals surface area contributed by atoms with E-state index in [1.807, 2.05) is 18.2 Å². The van der Waals surface area contributed by atoms with Crippen LogP contribution in [0.4, 0.5) is 11.6 Å². The summed E-state index contributed by atoms with van der Waals surface area (Å²) in [5.74, 6) is 1.49. The number of nitrogens with zero attached hydrogens (tertiary/aromatic N) is 2. The van der Waals surface area contributed by atoms with Crippen LogP contribution in [0, 0.1) is 5.92 Å². The van der Waals surface area contributed by atoms with E-state index in [0.29, 0.717) is 5.92 Å². The Morgan fingerprint density at radius 2 is 2.37 bits per heavy atom. The van der Waals surface area contributed by atoms with E-state index < -0.39 is 0 Å². The molecule has 2 heterocycles. The van der Waals surface area contributed by atoms with E-state index in [4.69, 9.17) is 10.8 Å². The summed E-state index contributed by atoms with van der Waals surface area (Å²) in [6, 6.07) is 5.73. The van der Waals surface area contributed by atoms with Gasteiger partial charge in [0.1, 0.15) is 0 Å². The molecule has 0 saturated carbocycles. The van der Waals surface area contributed by atoms with Crippen LogP contribution in [-0.4, -0.2) is 34.8 Å². The third-order valence-electron chi connectivity index (χ3n) is 3.85. The zero-order valence-corrected chi connectivity index (χ0v) is 11.0. The molecule has 1 fully saturated rings. The Morgan fingerprint density at radius 1 is 1.47 bits per heavy atom. The van der Waals surface area contributed by atoms with Crippen LogP contribution >= 0.6 is 0 Å². The molecule has 0 spiro atoms. The van der Waals surface area contributed by atoms with Crippen LogP contribution in [-0.2, 0) is 0 Å². The van der Waals surface area contributed by atoms with Crippen molar-refractivity contribution in [1.29, 1.82) is 0 Å². The summed E-state index contributed by atoms with van der Waals surface area (Å²) in [7, 11) is 0. The second kappa shape index (κ2) is 5.09. The molecule has 1 aliphatic heterocycles. The molecule has 1 atom stereocenters. The molecule has 3 rings (SSSR count). The van der Waals surface area contributed by atoms with Crippen LogP contribution in [0.15, 0.2) is 18.2 Å². The number of nitrogens with one attached hydrogen (secondary N) is 1. The summed E-state index contributed by atoms with van der Waals surface area (Å²) in [5.41, 5.74) is 8.47. The van der Waals surface area contributed by atoms with Crippen molar-refractivity contribution in [2.24, 2.45) is 5.92 Å². The largest absolute Gasteiger partial charge is 0.399 e. The lowest BCUT2D eigenvalue weighted by Crippen LogP contribution is -2.36. The molecule has 4 N–H and O–H groups in total. The quantitative estimate of drug-likeness (QED) is 0.735. The molecule has 0 radical (unpaired) electrons. The molecule has 102 valence electrons. The maximum atomic E-state index is 9.06. The van der Waals surface area contributed by atoms with Crippen molar-refractivity contribution in [2.45, 2.75) is 19.3 Å². The minimum absolute atomic E-state index is 0.273. The van der Waals surface area contributed by atoms with Gasteiger partial charge < -0.3 is 20.7 Å². The normalized spacial score (nSPS) is 20.1. The molecular weight excluding hydrogens is 240 g/mol. The zero-order valence-electron chi connectivity index (χ0n) is 11.0. The molecular formula is C14H20N4O. The lowest BCUT2D eigenvalue weighted by molar-refractivity contribution is 0.244. The molecule has 0 aliphatic carbocycles. The Hall–Kier alpha value is -1.75. The first-order valence-electron chi connectivity index (χ1n) is 6.87. The van der Waals surface area contributed by atoms with Crippen LogP contribution in [0.5, 0.6) is 0 Å². The summed E-state index contributed by atoms with van der Waals surface area (Å²) in [5, 5.41) is 9.06. The Balaban J connectivity index is 1.83. The predicted molar refractivity (Wildman–Crippen MR) is 77.1 cm³/mol. The lowest BCUT2D eigenvalue weighted by atomic mass is 9.95. The van der Waals surface area contributed by atoms with Gasteiger partial charge >= 0.3 is 0 Å². The first-order chi connectivity index (χ1) is 9.26. The number of imidazole rings is 1. The van der Waals surface area contributed by atoms with Gasteiger partial charge in [-0.15, -0.1) is 0 Å². The minimum atomic E-state index is 0.273. The summed E-state index contributed by atoms with van der Waals surface area (Å²) < 4.78 is 0. The third-order valence-corrected chi connectivity index (χ3v) is 3.85. The fraction of sp³-hybridized carbons (Fsp3) is 0.500. The van der Waals surface area contributed by atoms with E-state index in [0.717, 1.165) is 48.6 Å². The number of aliphatic hydroxyl groups excluding tert-OH is 1. The van der Waals surface area contributed by atoms with Crippen molar-refractivity contribution in [2.75, 3.05) is 30.3 Å². The Bertz CT molecular complexity index is 564. The van der Waals surface area contributed by atoms with Gasteiger partial charge in [0.15, 0.2) is 0 Å². The molecule has 1 aliphatic rings. The zero-order chi connectivity index (χ0) is 13.2. The fourth-order valence-electron chi connectivity index (χ4n) is 2.84. The standard InChI is InChI=1S/C14H20N4O/c15-11-3-4-12-13(8-11)17-14(16-12)18-6-1-2-10(9-18)5-7-19/h3-4,8,10,19H,1-2,5-7,9,15H2,(H,16,17). The molecule has 0 amide bonds. The average molecular weight is 260 g/mol. The van der Waals surface area contributed by atoms with Crippen LogP contribution < -0.4 is 10.6 Å². The topological polar surface area (TPSA) is 78.2 Å². The number of anilines is 2. The van der Waals surface area contributed by atoms with Gasteiger partial charge in [-0.2, -0.15) is 0 Å². The van der Waals surface area contributed by atoms with Gasteiger partial charge in [0, 0.05) is 25.4 Å². The number of fused-ring (bicyclic) bond motifs is 1. The molecule has 0 bridgehead atoms. The van der Waals surface area contributed by atoms with Crippen LogP contribution in [0.3, 0.4) is 0 Å². The highest BCUT2D eigenvalue weighted by atomic mass is 16.3.